The topological polar surface area (TPSA) is 27.7 Å². The van der Waals surface area contributed by atoms with Gasteiger partial charge >= 0.3 is 0 Å². The highest BCUT2D eigenvalue weighted by molar-refractivity contribution is 5.66. The minimum Gasteiger partial charge on any atom is -0.493 e. The van der Waals surface area contributed by atoms with Crippen molar-refractivity contribution in [1.29, 1.82) is 0 Å². The highest BCUT2D eigenvalue weighted by Gasteiger charge is 2.14. The number of hydrogen-bond acceptors (Lipinski definition) is 3. The van der Waals surface area contributed by atoms with Gasteiger partial charge in [0.05, 0.1) is 21.3 Å². The molecule has 3 heteroatoms. The maximum Gasteiger partial charge on any atom is 0.203 e. The van der Waals surface area contributed by atoms with E-state index >= 15 is 0 Å². The lowest BCUT2D eigenvalue weighted by molar-refractivity contribution is 0.324. The van der Waals surface area contributed by atoms with Crippen molar-refractivity contribution in [2.24, 2.45) is 5.41 Å². The van der Waals surface area contributed by atoms with Gasteiger partial charge in [0.2, 0.25) is 5.75 Å². The van der Waals surface area contributed by atoms with E-state index in [0.717, 1.165) is 5.56 Å². The summed E-state index contributed by atoms with van der Waals surface area (Å²) in [6, 6.07) is 3.84. The molecular weight excluding hydrogens is 228 g/mol. The van der Waals surface area contributed by atoms with Crippen LogP contribution in [0.3, 0.4) is 0 Å². The molecule has 0 spiro atoms. The van der Waals surface area contributed by atoms with Crippen molar-refractivity contribution >= 4 is 6.08 Å². The number of methoxy groups -OCH3 is 3. The molecule has 0 unspecified atom stereocenters. The van der Waals surface area contributed by atoms with Crippen LogP contribution in [-0.2, 0) is 0 Å². The monoisotopic (exact) mass is 250 g/mol. The van der Waals surface area contributed by atoms with E-state index in [1.54, 1.807) is 21.3 Å². The molecule has 1 aromatic carbocycles. The zero-order valence-electron chi connectivity index (χ0n) is 12.0. The smallest absolute Gasteiger partial charge is 0.203 e. The Labute approximate surface area is 109 Å². The van der Waals surface area contributed by atoms with Crippen LogP contribution < -0.4 is 14.2 Å². The van der Waals surface area contributed by atoms with Gasteiger partial charge in [-0.25, -0.2) is 0 Å². The quantitative estimate of drug-likeness (QED) is 0.814. The van der Waals surface area contributed by atoms with Crippen molar-refractivity contribution in [3.05, 3.63) is 23.8 Å². The van der Waals surface area contributed by atoms with E-state index in [1.807, 2.05) is 18.2 Å². The Hall–Kier alpha value is -1.64. The molecule has 0 radical (unpaired) electrons. The fourth-order valence-corrected chi connectivity index (χ4v) is 1.60. The van der Waals surface area contributed by atoms with Gasteiger partial charge in [0, 0.05) is 5.56 Å². The first-order chi connectivity index (χ1) is 8.42. The molecule has 0 aliphatic carbocycles. The number of benzene rings is 1. The van der Waals surface area contributed by atoms with Gasteiger partial charge in [-0.05, 0) is 17.5 Å². The Balaban J connectivity index is 3.25. The van der Waals surface area contributed by atoms with Crippen molar-refractivity contribution in [3.63, 3.8) is 0 Å². The van der Waals surface area contributed by atoms with Crippen molar-refractivity contribution < 1.29 is 14.2 Å². The number of hydrogen-bond donors (Lipinski definition) is 0. The van der Waals surface area contributed by atoms with Crippen LogP contribution in [0.4, 0.5) is 0 Å². The van der Waals surface area contributed by atoms with E-state index in [2.05, 4.69) is 26.8 Å². The molecule has 0 bridgehead atoms. The molecule has 0 aliphatic rings. The van der Waals surface area contributed by atoms with Gasteiger partial charge in [0.15, 0.2) is 11.5 Å². The third kappa shape index (κ3) is 3.42. The Morgan fingerprint density at radius 1 is 0.889 bits per heavy atom. The summed E-state index contributed by atoms with van der Waals surface area (Å²) in [5.74, 6) is 1.98. The van der Waals surface area contributed by atoms with Crippen LogP contribution in [0.2, 0.25) is 0 Å². The van der Waals surface area contributed by atoms with Crippen LogP contribution in [0.5, 0.6) is 17.2 Å². The molecule has 0 atom stereocenters. The second-order valence-electron chi connectivity index (χ2n) is 5.12. The lowest BCUT2D eigenvalue weighted by atomic mass is 9.95. The highest BCUT2D eigenvalue weighted by atomic mass is 16.5. The molecule has 0 N–H and O–H groups in total. The van der Waals surface area contributed by atoms with Gasteiger partial charge in [0.1, 0.15) is 0 Å². The van der Waals surface area contributed by atoms with E-state index in [4.69, 9.17) is 14.2 Å². The average Bonchev–Trinajstić information content (AvgIpc) is 2.33. The van der Waals surface area contributed by atoms with Gasteiger partial charge in [-0.2, -0.15) is 0 Å². The van der Waals surface area contributed by atoms with Gasteiger partial charge in [-0.1, -0.05) is 32.9 Å². The molecule has 1 aromatic rings. The van der Waals surface area contributed by atoms with Crippen molar-refractivity contribution in [3.8, 4) is 17.2 Å². The summed E-state index contributed by atoms with van der Waals surface area (Å²) in [5, 5.41) is 0. The normalized spacial score (nSPS) is 11.7. The molecule has 0 amide bonds. The number of allylic oxidation sites excluding steroid dienone is 1. The predicted octanol–water partition coefficient (Wildman–Crippen LogP) is 3.77. The van der Waals surface area contributed by atoms with Crippen LogP contribution in [0.15, 0.2) is 18.2 Å². The fourth-order valence-electron chi connectivity index (χ4n) is 1.60. The van der Waals surface area contributed by atoms with Crippen LogP contribution in [-0.4, -0.2) is 21.3 Å². The average molecular weight is 250 g/mol. The molecule has 0 saturated heterocycles. The summed E-state index contributed by atoms with van der Waals surface area (Å²) in [6.45, 7) is 6.45. The van der Waals surface area contributed by atoms with Crippen LogP contribution in [0.1, 0.15) is 26.3 Å². The van der Waals surface area contributed by atoms with E-state index in [-0.39, 0.29) is 5.41 Å². The minimum atomic E-state index is 0.123. The molecule has 0 saturated carbocycles. The summed E-state index contributed by atoms with van der Waals surface area (Å²) < 4.78 is 16.0. The van der Waals surface area contributed by atoms with Crippen molar-refractivity contribution in [2.75, 3.05) is 21.3 Å². The van der Waals surface area contributed by atoms with Crippen LogP contribution in [0.25, 0.3) is 6.08 Å². The highest BCUT2D eigenvalue weighted by Crippen LogP contribution is 2.40. The lowest BCUT2D eigenvalue weighted by Crippen LogP contribution is -1.99. The molecule has 0 aromatic heterocycles. The Morgan fingerprint density at radius 2 is 1.50 bits per heavy atom. The molecule has 3 nitrogen and oxygen atoms in total. The van der Waals surface area contributed by atoms with Gasteiger partial charge in [-0.15, -0.1) is 0 Å². The van der Waals surface area contributed by atoms with Gasteiger partial charge < -0.3 is 14.2 Å². The summed E-state index contributed by atoms with van der Waals surface area (Å²) in [6.07, 6.45) is 4.18. The second kappa shape index (κ2) is 5.80. The fraction of sp³-hybridized carbons (Fsp3) is 0.467. The van der Waals surface area contributed by atoms with Crippen molar-refractivity contribution in [1.82, 2.24) is 0 Å². The zero-order valence-corrected chi connectivity index (χ0v) is 12.0. The maximum atomic E-state index is 5.42. The zero-order chi connectivity index (χ0) is 13.8. The molecule has 18 heavy (non-hydrogen) atoms. The van der Waals surface area contributed by atoms with E-state index < -0.39 is 0 Å². The van der Waals surface area contributed by atoms with E-state index in [0.29, 0.717) is 17.2 Å². The first-order valence-corrected chi connectivity index (χ1v) is 5.91. The Morgan fingerprint density at radius 3 is 1.94 bits per heavy atom. The molecule has 0 heterocycles. The minimum absolute atomic E-state index is 0.123. The standard InChI is InChI=1S/C15H22O3/c1-15(2,3)10-9-11-7-8-12(16-4)14(18-6)13(11)17-5/h7-10H,1-6H3/b10-9+. The predicted molar refractivity (Wildman–Crippen MR) is 74.6 cm³/mol. The van der Waals surface area contributed by atoms with Crippen molar-refractivity contribution in [2.45, 2.75) is 20.8 Å². The third-order valence-electron chi connectivity index (χ3n) is 2.50. The van der Waals surface area contributed by atoms with Gasteiger partial charge in [0.25, 0.3) is 0 Å². The SMILES string of the molecule is COc1ccc(/C=C/C(C)(C)C)c(OC)c1OC. The van der Waals surface area contributed by atoms with Gasteiger partial charge in [-0.3, -0.25) is 0 Å². The molecule has 1 rings (SSSR count). The molecule has 0 aliphatic heterocycles. The summed E-state index contributed by atoms with van der Waals surface area (Å²) in [4.78, 5) is 0. The molecular formula is C15H22O3. The molecule has 100 valence electrons. The van der Waals surface area contributed by atoms with E-state index in [9.17, 15) is 0 Å². The Bertz CT molecular complexity index is 428. The van der Waals surface area contributed by atoms with E-state index in [1.165, 1.54) is 0 Å². The number of rotatable bonds is 4. The lowest BCUT2D eigenvalue weighted by Gasteiger charge is -2.15. The van der Waals surface area contributed by atoms with Crippen LogP contribution in [0, 0.1) is 5.41 Å². The summed E-state index contributed by atoms with van der Waals surface area (Å²) in [5.41, 5.74) is 1.10. The van der Waals surface area contributed by atoms with Crippen LogP contribution >= 0.6 is 0 Å². The second-order valence-corrected chi connectivity index (χ2v) is 5.12. The number of ether oxygens (including phenoxy) is 3. The maximum absolute atomic E-state index is 5.42. The third-order valence-corrected chi connectivity index (χ3v) is 2.50. The Kier molecular flexibility index (Phi) is 4.65. The first kappa shape index (κ1) is 14.4. The largest absolute Gasteiger partial charge is 0.493 e. The summed E-state index contributed by atoms with van der Waals surface area (Å²) >= 11 is 0. The first-order valence-electron chi connectivity index (χ1n) is 5.91. The molecule has 0 fully saturated rings. The summed E-state index contributed by atoms with van der Waals surface area (Å²) in [7, 11) is 4.85.